The first-order valence-electron chi connectivity index (χ1n) is 8.44. The Hall–Kier alpha value is -2.26. The van der Waals surface area contributed by atoms with Crippen LogP contribution >= 0.6 is 0 Å². The zero-order valence-corrected chi connectivity index (χ0v) is 14.8. The van der Waals surface area contributed by atoms with Crippen molar-refractivity contribution >= 4 is 11.4 Å². The van der Waals surface area contributed by atoms with E-state index in [1.165, 1.54) is 21.9 Å². The minimum atomic E-state index is -0.955. The number of nitrogens with zero attached hydrogens (tertiary/aromatic N) is 3. The summed E-state index contributed by atoms with van der Waals surface area (Å²) in [5.41, 5.74) is 19.6. The molecule has 0 bridgehead atoms. The van der Waals surface area contributed by atoms with E-state index in [4.69, 9.17) is 17.2 Å². The molecule has 6 N–H and O–H groups in total. The van der Waals surface area contributed by atoms with Crippen LogP contribution in [0.15, 0.2) is 48.5 Å². The lowest BCUT2D eigenvalue weighted by Gasteiger charge is -2.56. The molecular formula is C18H24F2N6. The Morgan fingerprint density at radius 1 is 0.731 bits per heavy atom. The average molecular weight is 362 g/mol. The molecule has 8 heteroatoms. The maximum atomic E-state index is 14.5. The summed E-state index contributed by atoms with van der Waals surface area (Å²) >= 11 is 0. The summed E-state index contributed by atoms with van der Waals surface area (Å²) in [6.07, 6.45) is -2.51. The lowest BCUT2D eigenvalue weighted by molar-refractivity contribution is 0.0518. The third-order valence-electron chi connectivity index (χ3n) is 4.61. The van der Waals surface area contributed by atoms with Crippen molar-refractivity contribution in [2.75, 3.05) is 9.80 Å². The predicted molar refractivity (Wildman–Crippen MR) is 98.7 cm³/mol. The van der Waals surface area contributed by atoms with Crippen molar-refractivity contribution in [3.05, 3.63) is 60.2 Å². The molecule has 0 spiro atoms. The van der Waals surface area contributed by atoms with Crippen molar-refractivity contribution in [2.45, 2.75) is 38.8 Å². The van der Waals surface area contributed by atoms with Crippen molar-refractivity contribution in [1.82, 2.24) is 4.90 Å². The number of anilines is 2. The summed E-state index contributed by atoms with van der Waals surface area (Å²) in [5.74, 6) is -0.933. The number of hydrogen-bond donors (Lipinski definition) is 3. The Bertz CT molecular complexity index is 711. The second kappa shape index (κ2) is 7.16. The molecule has 1 aliphatic heterocycles. The Morgan fingerprint density at radius 3 is 1.46 bits per heavy atom. The van der Waals surface area contributed by atoms with E-state index in [9.17, 15) is 8.78 Å². The fourth-order valence-electron chi connectivity index (χ4n) is 3.39. The molecule has 2 aromatic carbocycles. The molecule has 1 heterocycles. The van der Waals surface area contributed by atoms with Gasteiger partial charge < -0.3 is 9.80 Å². The molecule has 1 fully saturated rings. The van der Waals surface area contributed by atoms with Gasteiger partial charge in [-0.3, -0.25) is 17.2 Å². The van der Waals surface area contributed by atoms with Gasteiger partial charge in [0.1, 0.15) is 24.2 Å². The topological polar surface area (TPSA) is 87.8 Å². The van der Waals surface area contributed by atoms with Crippen molar-refractivity contribution in [1.29, 1.82) is 0 Å². The van der Waals surface area contributed by atoms with E-state index in [-0.39, 0.29) is 17.4 Å². The third kappa shape index (κ3) is 3.01. The maximum Gasteiger partial charge on any atom is 0.160 e. The molecule has 1 aliphatic rings. The minimum Gasteiger partial charge on any atom is -0.307 e. The Balaban J connectivity index is 2.13. The Kier molecular flexibility index (Phi) is 5.10. The summed E-state index contributed by atoms with van der Waals surface area (Å²) in [7, 11) is 0. The molecule has 2 aromatic rings. The van der Waals surface area contributed by atoms with Gasteiger partial charge in [0, 0.05) is 6.04 Å². The molecule has 0 saturated carbocycles. The van der Waals surface area contributed by atoms with Crippen molar-refractivity contribution in [2.24, 2.45) is 17.2 Å². The van der Waals surface area contributed by atoms with Gasteiger partial charge >= 0.3 is 0 Å². The average Bonchev–Trinajstić information content (AvgIpc) is 2.58. The Morgan fingerprint density at radius 2 is 1.12 bits per heavy atom. The molecule has 140 valence electrons. The van der Waals surface area contributed by atoms with Gasteiger partial charge in [-0.2, -0.15) is 0 Å². The van der Waals surface area contributed by atoms with Gasteiger partial charge in [-0.25, -0.2) is 13.7 Å². The monoisotopic (exact) mass is 362 g/mol. The van der Waals surface area contributed by atoms with Crippen LogP contribution in [0.2, 0.25) is 0 Å². The summed E-state index contributed by atoms with van der Waals surface area (Å²) in [6.45, 7) is 3.82. The second-order valence-electron chi connectivity index (χ2n) is 6.50. The molecule has 0 aromatic heterocycles. The quantitative estimate of drug-likeness (QED) is 0.771. The number of hydrogen-bond acceptors (Lipinski definition) is 6. The largest absolute Gasteiger partial charge is 0.307 e. The van der Waals surface area contributed by atoms with Crippen LogP contribution in [0, 0.1) is 11.6 Å². The van der Waals surface area contributed by atoms with Crippen LogP contribution < -0.4 is 27.0 Å². The molecule has 0 radical (unpaired) electrons. The predicted octanol–water partition coefficient (Wildman–Crippen LogP) is 1.73. The molecule has 3 rings (SSSR count). The van der Waals surface area contributed by atoms with Gasteiger partial charge in [0.05, 0.1) is 11.4 Å². The molecule has 26 heavy (non-hydrogen) atoms. The van der Waals surface area contributed by atoms with Crippen LogP contribution in [-0.4, -0.2) is 29.8 Å². The minimum absolute atomic E-state index is 0.0870. The van der Waals surface area contributed by atoms with E-state index in [2.05, 4.69) is 0 Å². The van der Waals surface area contributed by atoms with Crippen molar-refractivity contribution in [3.8, 4) is 0 Å². The first-order valence-corrected chi connectivity index (χ1v) is 8.44. The summed E-state index contributed by atoms with van der Waals surface area (Å²) in [6, 6.07) is 12.3. The number of nitrogens with two attached hydrogens (primary N) is 3. The van der Waals surface area contributed by atoms with Crippen molar-refractivity contribution < 1.29 is 8.78 Å². The van der Waals surface area contributed by atoms with E-state index >= 15 is 0 Å². The summed E-state index contributed by atoms with van der Waals surface area (Å²) in [5, 5.41) is 0. The van der Waals surface area contributed by atoms with Gasteiger partial charge in [0.15, 0.2) is 6.29 Å². The zero-order valence-electron chi connectivity index (χ0n) is 14.8. The highest BCUT2D eigenvalue weighted by atomic mass is 19.1. The number of halogens is 2. The SMILES string of the molecule is CC(C)N1C(N)N(c2ccccc2F)C(N)N(c2ccccc2F)C1N. The first kappa shape index (κ1) is 18.5. The first-order chi connectivity index (χ1) is 12.3. The molecule has 0 amide bonds. The van der Waals surface area contributed by atoms with Crippen LogP contribution in [-0.2, 0) is 0 Å². The lowest BCUT2D eigenvalue weighted by atomic mass is 10.2. The van der Waals surface area contributed by atoms with E-state index in [0.717, 1.165) is 0 Å². The standard InChI is InChI=1S/C18H24F2N6/c1-11(2)24-16(21)25(14-9-5-3-7-12(14)19)18(23)26(17(24)22)15-10-6-4-8-13(15)20/h3-11,16-18H,21-23H2,1-2H3. The summed E-state index contributed by atoms with van der Waals surface area (Å²) < 4.78 is 28.9. The van der Waals surface area contributed by atoms with Crippen LogP contribution in [0.4, 0.5) is 20.2 Å². The van der Waals surface area contributed by atoms with Crippen LogP contribution in [0.5, 0.6) is 0 Å². The molecular weight excluding hydrogens is 338 g/mol. The van der Waals surface area contributed by atoms with E-state index in [1.54, 1.807) is 41.3 Å². The van der Waals surface area contributed by atoms with Gasteiger partial charge in [-0.05, 0) is 38.1 Å². The lowest BCUT2D eigenvalue weighted by Crippen LogP contribution is -2.79. The van der Waals surface area contributed by atoms with Gasteiger partial charge in [-0.15, -0.1) is 0 Å². The number of benzene rings is 2. The fourth-order valence-corrected chi connectivity index (χ4v) is 3.39. The maximum absolute atomic E-state index is 14.5. The Labute approximate surface area is 151 Å². The van der Waals surface area contributed by atoms with Crippen molar-refractivity contribution in [3.63, 3.8) is 0 Å². The van der Waals surface area contributed by atoms with E-state index in [1.807, 2.05) is 13.8 Å². The molecule has 2 unspecified atom stereocenters. The van der Waals surface area contributed by atoms with Gasteiger partial charge in [0.25, 0.3) is 0 Å². The second-order valence-corrected chi connectivity index (χ2v) is 6.50. The molecule has 0 aliphatic carbocycles. The van der Waals surface area contributed by atoms with Crippen LogP contribution in [0.1, 0.15) is 13.8 Å². The molecule has 2 atom stereocenters. The van der Waals surface area contributed by atoms with E-state index in [0.29, 0.717) is 0 Å². The fraction of sp³-hybridized carbons (Fsp3) is 0.333. The van der Waals surface area contributed by atoms with Crippen LogP contribution in [0.3, 0.4) is 0 Å². The highest BCUT2D eigenvalue weighted by Crippen LogP contribution is 2.33. The summed E-state index contributed by atoms with van der Waals surface area (Å²) in [4.78, 5) is 4.76. The number of rotatable bonds is 3. The zero-order chi connectivity index (χ0) is 19.0. The number of para-hydroxylation sites is 2. The molecule has 1 saturated heterocycles. The van der Waals surface area contributed by atoms with E-state index < -0.39 is 30.5 Å². The van der Waals surface area contributed by atoms with Gasteiger partial charge in [-0.1, -0.05) is 24.3 Å². The highest BCUT2D eigenvalue weighted by molar-refractivity contribution is 5.57. The normalized spacial score (nSPS) is 24.4. The highest BCUT2D eigenvalue weighted by Gasteiger charge is 2.44. The molecule has 6 nitrogen and oxygen atoms in total. The van der Waals surface area contributed by atoms with Gasteiger partial charge in [0.2, 0.25) is 0 Å². The smallest absolute Gasteiger partial charge is 0.160 e. The third-order valence-corrected chi connectivity index (χ3v) is 4.61. The van der Waals surface area contributed by atoms with Crippen LogP contribution in [0.25, 0.3) is 0 Å².